The first-order chi connectivity index (χ1) is 13.0. The van der Waals surface area contributed by atoms with Crippen LogP contribution in [0.1, 0.15) is 36.2 Å². The van der Waals surface area contributed by atoms with Gasteiger partial charge in [-0.1, -0.05) is 23.7 Å². The van der Waals surface area contributed by atoms with Crippen molar-refractivity contribution in [2.75, 3.05) is 10.2 Å². The Morgan fingerprint density at radius 2 is 1.78 bits per heavy atom. The molecule has 6 nitrogen and oxygen atoms in total. The van der Waals surface area contributed by atoms with Crippen molar-refractivity contribution < 1.29 is 14.4 Å². The zero-order valence-corrected chi connectivity index (χ0v) is 15.6. The van der Waals surface area contributed by atoms with Gasteiger partial charge in [0, 0.05) is 11.1 Å². The van der Waals surface area contributed by atoms with Gasteiger partial charge in [-0.2, -0.15) is 0 Å². The maximum absolute atomic E-state index is 12.6. The van der Waals surface area contributed by atoms with Crippen molar-refractivity contribution in [2.24, 2.45) is 0 Å². The number of hydrogen-bond acceptors (Lipinski definition) is 5. The van der Waals surface area contributed by atoms with Crippen LogP contribution < -0.4 is 10.2 Å². The Bertz CT molecular complexity index is 1070. The maximum Gasteiger partial charge on any atom is 0.275 e. The summed E-state index contributed by atoms with van der Waals surface area (Å²) in [6.07, 6.45) is 0. The van der Waals surface area contributed by atoms with Gasteiger partial charge in [0.25, 0.3) is 17.7 Å². The molecule has 1 aliphatic rings. The van der Waals surface area contributed by atoms with Crippen LogP contribution in [0.4, 0.5) is 11.4 Å². The number of fused-ring (bicyclic) bond motifs is 1. The summed E-state index contributed by atoms with van der Waals surface area (Å²) in [4.78, 5) is 42.5. The van der Waals surface area contributed by atoms with E-state index in [1.165, 1.54) is 23.5 Å². The van der Waals surface area contributed by atoms with Crippen LogP contribution in [0.15, 0.2) is 47.8 Å². The van der Waals surface area contributed by atoms with E-state index in [4.69, 9.17) is 11.6 Å². The van der Waals surface area contributed by atoms with E-state index in [9.17, 15) is 14.4 Å². The fourth-order valence-electron chi connectivity index (χ4n) is 2.84. The number of nitrogens with zero attached hydrogens (tertiary/aromatic N) is 2. The molecular weight excluding hydrogens is 386 g/mol. The van der Waals surface area contributed by atoms with Gasteiger partial charge >= 0.3 is 0 Å². The minimum absolute atomic E-state index is 0.178. The molecule has 3 amide bonds. The number of nitrogens with one attached hydrogen (secondary N) is 1. The number of thiazole rings is 1. The Kier molecular flexibility index (Phi) is 4.25. The number of carbonyl (C=O) groups is 3. The van der Waals surface area contributed by atoms with Crippen LogP contribution in [0.25, 0.3) is 0 Å². The van der Waals surface area contributed by atoms with Crippen LogP contribution >= 0.6 is 22.9 Å². The summed E-state index contributed by atoms with van der Waals surface area (Å²) in [5.74, 6) is -1.21. The van der Waals surface area contributed by atoms with Gasteiger partial charge in [0.05, 0.1) is 26.8 Å². The van der Waals surface area contributed by atoms with Gasteiger partial charge in [0.1, 0.15) is 5.69 Å². The number of carbonyl (C=O) groups excluding carboxylic acids is 3. The Morgan fingerprint density at radius 1 is 1.11 bits per heavy atom. The quantitative estimate of drug-likeness (QED) is 0.673. The molecule has 0 bridgehead atoms. The van der Waals surface area contributed by atoms with Crippen molar-refractivity contribution in [3.8, 4) is 0 Å². The van der Waals surface area contributed by atoms with Crippen LogP contribution in [-0.2, 0) is 0 Å². The van der Waals surface area contributed by atoms with E-state index >= 15 is 0 Å². The summed E-state index contributed by atoms with van der Waals surface area (Å²) in [5.41, 5.74) is 1.71. The molecule has 0 spiro atoms. The van der Waals surface area contributed by atoms with E-state index in [0.29, 0.717) is 22.5 Å². The number of halogens is 1. The number of amides is 3. The molecule has 8 heteroatoms. The molecule has 0 aliphatic carbocycles. The third kappa shape index (κ3) is 3.01. The lowest BCUT2D eigenvalue weighted by molar-refractivity contribution is 0.0924. The average molecular weight is 398 g/mol. The number of benzene rings is 2. The van der Waals surface area contributed by atoms with E-state index < -0.39 is 11.8 Å². The SMILES string of the molecule is Cc1nc(C(=O)Nc2ccc(N3C(=O)c4ccccc4C3=O)c(Cl)c2)cs1. The molecule has 27 heavy (non-hydrogen) atoms. The minimum Gasteiger partial charge on any atom is -0.321 e. The lowest BCUT2D eigenvalue weighted by atomic mass is 10.1. The van der Waals surface area contributed by atoms with Gasteiger partial charge < -0.3 is 5.32 Å². The first kappa shape index (κ1) is 17.4. The first-order valence-electron chi connectivity index (χ1n) is 7.96. The highest BCUT2D eigenvalue weighted by atomic mass is 35.5. The Morgan fingerprint density at radius 3 is 2.33 bits per heavy atom. The smallest absolute Gasteiger partial charge is 0.275 e. The predicted molar refractivity (Wildman–Crippen MR) is 104 cm³/mol. The number of imide groups is 1. The number of aromatic nitrogens is 1. The largest absolute Gasteiger partial charge is 0.321 e. The first-order valence-corrected chi connectivity index (χ1v) is 9.22. The van der Waals surface area contributed by atoms with Crippen LogP contribution in [0.5, 0.6) is 0 Å². The Hall–Kier alpha value is -3.03. The van der Waals surface area contributed by atoms with Gasteiger partial charge in [0.2, 0.25) is 0 Å². The van der Waals surface area contributed by atoms with Crippen molar-refractivity contribution >= 4 is 52.0 Å². The molecule has 2 heterocycles. The maximum atomic E-state index is 12.6. The molecule has 0 unspecified atom stereocenters. The summed E-state index contributed by atoms with van der Waals surface area (Å²) in [6.45, 7) is 1.81. The summed E-state index contributed by atoms with van der Waals surface area (Å²) in [5, 5.41) is 5.34. The van der Waals surface area contributed by atoms with E-state index in [-0.39, 0.29) is 16.6 Å². The molecule has 3 aromatic rings. The summed E-state index contributed by atoms with van der Waals surface area (Å²) in [7, 11) is 0. The summed E-state index contributed by atoms with van der Waals surface area (Å²) < 4.78 is 0. The van der Waals surface area contributed by atoms with E-state index in [1.54, 1.807) is 35.7 Å². The van der Waals surface area contributed by atoms with E-state index in [1.807, 2.05) is 6.92 Å². The Labute approximate surface area is 163 Å². The minimum atomic E-state index is -0.424. The van der Waals surface area contributed by atoms with Crippen molar-refractivity contribution in [3.05, 3.63) is 74.7 Å². The van der Waals surface area contributed by atoms with Crippen LogP contribution in [0, 0.1) is 6.92 Å². The third-order valence-electron chi connectivity index (χ3n) is 4.09. The van der Waals surface area contributed by atoms with Gasteiger partial charge in [-0.15, -0.1) is 11.3 Å². The molecule has 0 radical (unpaired) electrons. The third-order valence-corrected chi connectivity index (χ3v) is 5.17. The second-order valence-electron chi connectivity index (χ2n) is 5.86. The van der Waals surface area contributed by atoms with E-state index in [2.05, 4.69) is 10.3 Å². The number of rotatable bonds is 3. The predicted octanol–water partition coefficient (Wildman–Crippen LogP) is 4.16. The van der Waals surface area contributed by atoms with Crippen LogP contribution in [0.2, 0.25) is 5.02 Å². The highest BCUT2D eigenvalue weighted by Crippen LogP contribution is 2.34. The molecule has 134 valence electrons. The van der Waals surface area contributed by atoms with Gasteiger partial charge in [-0.3, -0.25) is 14.4 Å². The molecular formula is C19H12ClN3O3S. The number of hydrogen-bond donors (Lipinski definition) is 1. The molecule has 0 saturated carbocycles. The highest BCUT2D eigenvalue weighted by molar-refractivity contribution is 7.09. The monoisotopic (exact) mass is 397 g/mol. The molecule has 2 aromatic carbocycles. The molecule has 0 atom stereocenters. The second-order valence-corrected chi connectivity index (χ2v) is 7.33. The van der Waals surface area contributed by atoms with Crippen molar-refractivity contribution in [1.29, 1.82) is 0 Å². The highest BCUT2D eigenvalue weighted by Gasteiger charge is 2.37. The van der Waals surface area contributed by atoms with Crippen molar-refractivity contribution in [3.63, 3.8) is 0 Å². The molecule has 1 aliphatic heterocycles. The zero-order chi connectivity index (χ0) is 19.1. The topological polar surface area (TPSA) is 79.4 Å². The van der Waals surface area contributed by atoms with Gasteiger partial charge in [-0.25, -0.2) is 9.88 Å². The van der Waals surface area contributed by atoms with Crippen LogP contribution in [0.3, 0.4) is 0 Å². The average Bonchev–Trinajstić information content (AvgIpc) is 3.19. The fourth-order valence-corrected chi connectivity index (χ4v) is 3.69. The Balaban J connectivity index is 1.60. The fraction of sp³-hybridized carbons (Fsp3) is 0.0526. The lowest BCUT2D eigenvalue weighted by Gasteiger charge is -2.16. The lowest BCUT2D eigenvalue weighted by Crippen LogP contribution is -2.29. The van der Waals surface area contributed by atoms with Gasteiger partial charge in [0.15, 0.2) is 0 Å². The molecule has 0 saturated heterocycles. The second kappa shape index (κ2) is 6.61. The number of aryl methyl sites for hydroxylation is 1. The van der Waals surface area contributed by atoms with Crippen molar-refractivity contribution in [1.82, 2.24) is 4.98 Å². The number of anilines is 2. The van der Waals surface area contributed by atoms with Crippen molar-refractivity contribution in [2.45, 2.75) is 6.92 Å². The van der Waals surface area contributed by atoms with Crippen LogP contribution in [-0.4, -0.2) is 22.7 Å². The summed E-state index contributed by atoms with van der Waals surface area (Å²) >= 11 is 7.69. The standard InChI is InChI=1S/C19H12ClN3O3S/c1-10-21-15(9-27-10)17(24)22-11-6-7-16(14(20)8-11)23-18(25)12-4-2-3-5-13(12)19(23)26/h2-9H,1H3,(H,22,24). The normalized spacial score (nSPS) is 13.0. The zero-order valence-electron chi connectivity index (χ0n) is 14.0. The molecule has 0 fully saturated rings. The van der Waals surface area contributed by atoms with Gasteiger partial charge in [-0.05, 0) is 37.3 Å². The molecule has 1 N–H and O–H groups in total. The molecule has 1 aromatic heterocycles. The summed E-state index contributed by atoms with van der Waals surface area (Å²) in [6, 6.07) is 11.2. The van der Waals surface area contributed by atoms with E-state index in [0.717, 1.165) is 9.91 Å². The molecule has 4 rings (SSSR count).